The zero-order chi connectivity index (χ0) is 28.0. The minimum absolute atomic E-state index is 0.0701. The van der Waals surface area contributed by atoms with E-state index in [2.05, 4.69) is 47.0 Å². The van der Waals surface area contributed by atoms with E-state index in [1.165, 1.54) is 22.3 Å². The molecule has 0 bridgehead atoms. The molecule has 7 heteroatoms. The highest BCUT2D eigenvalue weighted by molar-refractivity contribution is 6.03. The SMILES string of the molecule is N=CN(C(=O)O)c1ccc(CNC(=O)C2(NCC(c3ccccc3)c3ccccc3)Cc3ccccc3C2)cc1. The molecule has 0 saturated heterocycles. The number of fused-ring (bicyclic) bond motifs is 1. The molecule has 0 aliphatic heterocycles. The van der Waals surface area contributed by atoms with E-state index in [0.717, 1.165) is 16.8 Å². The van der Waals surface area contributed by atoms with E-state index in [-0.39, 0.29) is 11.8 Å². The summed E-state index contributed by atoms with van der Waals surface area (Å²) < 4.78 is 0. The molecule has 4 N–H and O–H groups in total. The molecule has 2 amide bonds. The fourth-order valence-electron chi connectivity index (χ4n) is 5.44. The van der Waals surface area contributed by atoms with Crippen LogP contribution in [0.3, 0.4) is 0 Å². The van der Waals surface area contributed by atoms with E-state index < -0.39 is 11.6 Å². The standard InChI is InChI=1S/C33H32N4O3/c34-23-37(32(39)40)29-17-15-24(16-18-29)21-35-31(38)33(19-27-13-7-8-14-28(27)20-33)36-22-30(25-9-3-1-4-10-25)26-11-5-2-6-12-26/h1-18,23,30,34,36H,19-22H2,(H,35,38)(H,39,40). The fourth-order valence-corrected chi connectivity index (χ4v) is 5.44. The number of rotatable bonds is 10. The second-order valence-corrected chi connectivity index (χ2v) is 10.1. The van der Waals surface area contributed by atoms with Crippen LogP contribution in [0.4, 0.5) is 10.5 Å². The van der Waals surface area contributed by atoms with Crippen LogP contribution in [0.15, 0.2) is 109 Å². The van der Waals surface area contributed by atoms with Crippen LogP contribution < -0.4 is 15.5 Å². The Morgan fingerprint density at radius 3 is 1.85 bits per heavy atom. The van der Waals surface area contributed by atoms with Gasteiger partial charge in [-0.15, -0.1) is 0 Å². The first-order valence-corrected chi connectivity index (χ1v) is 13.3. The molecule has 1 aliphatic carbocycles. The highest BCUT2D eigenvalue weighted by Crippen LogP contribution is 2.32. The molecule has 0 fully saturated rings. The molecule has 4 aromatic carbocycles. The van der Waals surface area contributed by atoms with Crippen LogP contribution in [-0.2, 0) is 24.2 Å². The Bertz CT molecular complexity index is 1410. The van der Waals surface area contributed by atoms with Crippen molar-refractivity contribution in [3.05, 3.63) is 137 Å². The van der Waals surface area contributed by atoms with Gasteiger partial charge in [-0.05, 0) is 39.9 Å². The molecule has 0 atom stereocenters. The lowest BCUT2D eigenvalue weighted by Crippen LogP contribution is -2.58. The summed E-state index contributed by atoms with van der Waals surface area (Å²) in [5, 5.41) is 23.4. The third kappa shape index (κ3) is 5.80. The Morgan fingerprint density at radius 2 is 1.35 bits per heavy atom. The summed E-state index contributed by atoms with van der Waals surface area (Å²) in [6.45, 7) is 0.899. The minimum Gasteiger partial charge on any atom is -0.464 e. The van der Waals surface area contributed by atoms with Crippen LogP contribution in [0.25, 0.3) is 0 Å². The molecule has 202 valence electrons. The zero-order valence-electron chi connectivity index (χ0n) is 22.1. The second-order valence-electron chi connectivity index (χ2n) is 10.1. The molecule has 0 radical (unpaired) electrons. The lowest BCUT2D eigenvalue weighted by molar-refractivity contribution is -0.127. The number of benzene rings is 4. The maximum atomic E-state index is 13.9. The van der Waals surface area contributed by atoms with Crippen molar-refractivity contribution in [3.8, 4) is 0 Å². The van der Waals surface area contributed by atoms with Gasteiger partial charge < -0.3 is 15.7 Å². The van der Waals surface area contributed by atoms with Gasteiger partial charge in [0.25, 0.3) is 0 Å². The highest BCUT2D eigenvalue weighted by atomic mass is 16.4. The first-order chi connectivity index (χ1) is 19.5. The molecule has 1 aliphatic rings. The zero-order valence-corrected chi connectivity index (χ0v) is 22.1. The first-order valence-electron chi connectivity index (χ1n) is 13.3. The average molecular weight is 533 g/mol. The third-order valence-corrected chi connectivity index (χ3v) is 7.59. The number of carboxylic acid groups (broad SMARTS) is 1. The summed E-state index contributed by atoms with van der Waals surface area (Å²) >= 11 is 0. The summed E-state index contributed by atoms with van der Waals surface area (Å²) in [6, 6.07) is 35.7. The average Bonchev–Trinajstić information content (AvgIpc) is 3.38. The van der Waals surface area contributed by atoms with E-state index >= 15 is 0 Å². The third-order valence-electron chi connectivity index (χ3n) is 7.59. The molecular formula is C33H32N4O3. The normalized spacial score (nSPS) is 13.4. The van der Waals surface area contributed by atoms with Crippen LogP contribution in [0.1, 0.15) is 33.7 Å². The molecule has 7 nitrogen and oxygen atoms in total. The quantitative estimate of drug-likeness (QED) is 0.163. The maximum absolute atomic E-state index is 13.9. The van der Waals surface area contributed by atoms with Gasteiger partial charge in [-0.1, -0.05) is 97.1 Å². The molecule has 4 aromatic rings. The Balaban J connectivity index is 1.35. The van der Waals surface area contributed by atoms with E-state index in [4.69, 9.17) is 5.41 Å². The van der Waals surface area contributed by atoms with Gasteiger partial charge in [0.15, 0.2) is 0 Å². The molecular weight excluding hydrogens is 500 g/mol. The smallest absolute Gasteiger partial charge is 0.417 e. The van der Waals surface area contributed by atoms with Gasteiger partial charge in [0, 0.05) is 31.8 Å². The Hall–Kier alpha value is -4.75. The first kappa shape index (κ1) is 26.8. The summed E-state index contributed by atoms with van der Waals surface area (Å²) in [4.78, 5) is 26.1. The van der Waals surface area contributed by atoms with Crippen LogP contribution >= 0.6 is 0 Å². The molecule has 0 unspecified atom stereocenters. The second kappa shape index (κ2) is 12.0. The number of nitrogens with one attached hydrogen (secondary N) is 3. The van der Waals surface area contributed by atoms with Gasteiger partial charge in [0.1, 0.15) is 5.54 Å². The lowest BCUT2D eigenvalue weighted by atomic mass is 9.88. The van der Waals surface area contributed by atoms with Crippen LogP contribution in [-0.4, -0.2) is 35.5 Å². The molecule has 40 heavy (non-hydrogen) atoms. The maximum Gasteiger partial charge on any atom is 0.417 e. The summed E-state index contributed by atoms with van der Waals surface area (Å²) in [6.07, 6.45) is 0.716. The summed E-state index contributed by atoms with van der Waals surface area (Å²) in [5.74, 6) is 0.00802. The number of hydrogen-bond donors (Lipinski definition) is 4. The lowest BCUT2D eigenvalue weighted by Gasteiger charge is -2.32. The minimum atomic E-state index is -1.23. The van der Waals surface area contributed by atoms with E-state index in [1.807, 2.05) is 48.5 Å². The van der Waals surface area contributed by atoms with Crippen molar-refractivity contribution < 1.29 is 14.7 Å². The summed E-state index contributed by atoms with van der Waals surface area (Å²) in [5.41, 5.74) is 5.13. The van der Waals surface area contributed by atoms with Gasteiger partial charge in [-0.3, -0.25) is 10.2 Å². The van der Waals surface area contributed by atoms with Gasteiger partial charge in [-0.25, -0.2) is 9.69 Å². The summed E-state index contributed by atoms with van der Waals surface area (Å²) in [7, 11) is 0. The predicted molar refractivity (Wildman–Crippen MR) is 157 cm³/mol. The van der Waals surface area contributed by atoms with Crippen molar-refractivity contribution >= 4 is 24.0 Å². The topological polar surface area (TPSA) is 106 Å². The number of anilines is 1. The number of carbonyl (C=O) groups is 2. The Kier molecular flexibility index (Phi) is 8.03. The van der Waals surface area contributed by atoms with Crippen LogP contribution in [0.5, 0.6) is 0 Å². The van der Waals surface area contributed by atoms with Crippen molar-refractivity contribution in [2.75, 3.05) is 11.4 Å². The highest BCUT2D eigenvalue weighted by Gasteiger charge is 2.43. The molecule has 5 rings (SSSR count). The van der Waals surface area contributed by atoms with Crippen LogP contribution in [0, 0.1) is 5.41 Å². The number of amides is 2. The van der Waals surface area contributed by atoms with Gasteiger partial charge in [0.05, 0.1) is 12.0 Å². The molecule has 0 aromatic heterocycles. The largest absolute Gasteiger partial charge is 0.464 e. The monoisotopic (exact) mass is 532 g/mol. The number of nitrogens with zero attached hydrogens (tertiary/aromatic N) is 1. The van der Waals surface area contributed by atoms with Crippen molar-refractivity contribution in [2.24, 2.45) is 0 Å². The molecule has 0 spiro atoms. The van der Waals surface area contributed by atoms with Crippen LogP contribution in [0.2, 0.25) is 0 Å². The predicted octanol–water partition coefficient (Wildman–Crippen LogP) is 5.35. The van der Waals surface area contributed by atoms with Gasteiger partial charge in [0.2, 0.25) is 5.91 Å². The Morgan fingerprint density at radius 1 is 0.825 bits per heavy atom. The Labute approximate surface area is 234 Å². The van der Waals surface area contributed by atoms with Crippen molar-refractivity contribution in [3.63, 3.8) is 0 Å². The molecule has 0 saturated carbocycles. The van der Waals surface area contributed by atoms with Gasteiger partial charge >= 0.3 is 6.09 Å². The van der Waals surface area contributed by atoms with E-state index in [0.29, 0.717) is 31.6 Å². The van der Waals surface area contributed by atoms with E-state index in [1.54, 1.807) is 24.3 Å². The van der Waals surface area contributed by atoms with Gasteiger partial charge in [-0.2, -0.15) is 0 Å². The molecule has 0 heterocycles. The van der Waals surface area contributed by atoms with Crippen molar-refractivity contribution in [1.82, 2.24) is 10.6 Å². The number of carbonyl (C=O) groups excluding carboxylic acids is 1. The number of hydrogen-bond acceptors (Lipinski definition) is 4. The van der Waals surface area contributed by atoms with Crippen molar-refractivity contribution in [1.29, 1.82) is 5.41 Å². The fraction of sp³-hybridized carbons (Fsp3) is 0.182. The van der Waals surface area contributed by atoms with E-state index in [9.17, 15) is 14.7 Å². The van der Waals surface area contributed by atoms with Crippen molar-refractivity contribution in [2.45, 2.75) is 30.8 Å².